The Bertz CT molecular complexity index is 1510. The predicted molar refractivity (Wildman–Crippen MR) is 152 cm³/mol. The fourth-order valence-electron chi connectivity index (χ4n) is 4.58. The molecule has 0 atom stereocenters. The highest BCUT2D eigenvalue weighted by Crippen LogP contribution is 2.34. The normalized spacial score (nSPS) is 14.1. The summed E-state index contributed by atoms with van der Waals surface area (Å²) in [5.41, 5.74) is 1.95. The Morgan fingerprint density at radius 1 is 0.947 bits per heavy atom. The molecule has 3 aromatic carbocycles. The molecule has 38 heavy (non-hydrogen) atoms. The Labute approximate surface area is 227 Å². The standard InChI is InChI=1S/C28H30N4O4S2/c1-3-32(22-9-6-5-7-10-22)38(34,35)23-15-13-21(14-16-23)27(33)30-17-19-31(20-18-30)28-29-26-24(36-4-2)11-8-12-25(26)37-28/h5-16H,3-4,17-20H2,1-2H3. The lowest BCUT2D eigenvalue weighted by Crippen LogP contribution is -2.48. The second-order valence-corrected chi connectivity index (χ2v) is 11.7. The molecular weight excluding hydrogens is 520 g/mol. The molecule has 1 amide bonds. The second kappa shape index (κ2) is 11.0. The van der Waals surface area contributed by atoms with Gasteiger partial charge in [-0.05, 0) is 62.4 Å². The predicted octanol–water partition coefficient (Wildman–Crippen LogP) is 4.87. The minimum atomic E-state index is -3.74. The molecule has 0 bridgehead atoms. The lowest BCUT2D eigenvalue weighted by molar-refractivity contribution is 0.0746. The van der Waals surface area contributed by atoms with E-state index >= 15 is 0 Å². The van der Waals surface area contributed by atoms with Gasteiger partial charge in [-0.3, -0.25) is 9.10 Å². The number of ether oxygens (including phenoxy) is 1. The van der Waals surface area contributed by atoms with Crippen molar-refractivity contribution in [3.05, 3.63) is 78.4 Å². The van der Waals surface area contributed by atoms with E-state index in [-0.39, 0.29) is 10.8 Å². The van der Waals surface area contributed by atoms with Crippen LogP contribution >= 0.6 is 11.3 Å². The molecule has 5 rings (SSSR count). The van der Waals surface area contributed by atoms with Gasteiger partial charge in [0.15, 0.2) is 5.13 Å². The van der Waals surface area contributed by atoms with Crippen LogP contribution in [-0.4, -0.2) is 63.5 Å². The first kappa shape index (κ1) is 26.0. The molecule has 1 aliphatic heterocycles. The number of sulfonamides is 1. The van der Waals surface area contributed by atoms with Crippen molar-refractivity contribution >= 4 is 48.3 Å². The van der Waals surface area contributed by atoms with E-state index in [2.05, 4.69) is 4.90 Å². The zero-order valence-corrected chi connectivity index (χ0v) is 23.0. The summed E-state index contributed by atoms with van der Waals surface area (Å²) in [5.74, 6) is 0.685. The van der Waals surface area contributed by atoms with E-state index in [4.69, 9.17) is 9.72 Å². The molecule has 1 aromatic heterocycles. The average molecular weight is 551 g/mol. The number of para-hydroxylation sites is 2. The molecule has 198 valence electrons. The van der Waals surface area contributed by atoms with Gasteiger partial charge in [0.25, 0.3) is 15.9 Å². The highest BCUT2D eigenvalue weighted by molar-refractivity contribution is 7.92. The van der Waals surface area contributed by atoms with E-state index in [1.54, 1.807) is 47.4 Å². The molecule has 1 fully saturated rings. The Hall–Kier alpha value is -3.63. The monoisotopic (exact) mass is 550 g/mol. The van der Waals surface area contributed by atoms with Gasteiger partial charge in [-0.25, -0.2) is 13.4 Å². The summed E-state index contributed by atoms with van der Waals surface area (Å²) in [6.45, 7) is 7.11. The van der Waals surface area contributed by atoms with E-state index in [1.165, 1.54) is 16.4 Å². The number of amides is 1. The molecule has 1 saturated heterocycles. The zero-order chi connectivity index (χ0) is 26.7. The van der Waals surface area contributed by atoms with E-state index in [0.717, 1.165) is 21.1 Å². The second-order valence-electron chi connectivity index (χ2n) is 8.84. The smallest absolute Gasteiger partial charge is 0.264 e. The lowest BCUT2D eigenvalue weighted by Gasteiger charge is -2.34. The average Bonchev–Trinajstić information content (AvgIpc) is 3.39. The van der Waals surface area contributed by atoms with E-state index < -0.39 is 10.0 Å². The molecule has 0 unspecified atom stereocenters. The van der Waals surface area contributed by atoms with Gasteiger partial charge in [0, 0.05) is 38.3 Å². The van der Waals surface area contributed by atoms with E-state index in [0.29, 0.717) is 50.6 Å². The fourth-order valence-corrected chi connectivity index (χ4v) is 7.09. The third kappa shape index (κ3) is 5.06. The van der Waals surface area contributed by atoms with Crippen LogP contribution in [0.1, 0.15) is 24.2 Å². The minimum absolute atomic E-state index is 0.105. The number of anilines is 2. The van der Waals surface area contributed by atoms with Crippen molar-refractivity contribution in [3.8, 4) is 5.75 Å². The Morgan fingerprint density at radius 3 is 2.32 bits per heavy atom. The SMILES string of the molecule is CCOc1cccc2sc(N3CCN(C(=O)c4ccc(S(=O)(=O)N(CC)c5ccccc5)cc4)CC3)nc12. The lowest BCUT2D eigenvalue weighted by atomic mass is 10.2. The molecule has 1 aliphatic rings. The minimum Gasteiger partial charge on any atom is -0.492 e. The molecule has 0 spiro atoms. The van der Waals surface area contributed by atoms with Crippen LogP contribution < -0.4 is 13.9 Å². The van der Waals surface area contributed by atoms with Crippen LogP contribution in [-0.2, 0) is 10.0 Å². The van der Waals surface area contributed by atoms with Crippen molar-refractivity contribution in [1.29, 1.82) is 0 Å². The number of hydrogen-bond donors (Lipinski definition) is 0. The summed E-state index contributed by atoms with van der Waals surface area (Å²) < 4.78 is 34.7. The van der Waals surface area contributed by atoms with Gasteiger partial charge in [0.1, 0.15) is 11.3 Å². The Morgan fingerprint density at radius 2 is 1.66 bits per heavy atom. The van der Waals surface area contributed by atoms with Gasteiger partial charge in [-0.15, -0.1) is 0 Å². The largest absolute Gasteiger partial charge is 0.492 e. The van der Waals surface area contributed by atoms with Crippen LogP contribution in [0, 0.1) is 0 Å². The summed E-state index contributed by atoms with van der Waals surface area (Å²) >= 11 is 1.63. The van der Waals surface area contributed by atoms with Gasteiger partial charge in [0.05, 0.1) is 21.9 Å². The summed E-state index contributed by atoms with van der Waals surface area (Å²) in [6.07, 6.45) is 0. The molecule has 0 saturated carbocycles. The first-order valence-corrected chi connectivity index (χ1v) is 14.9. The fraction of sp³-hybridized carbons (Fsp3) is 0.286. The third-order valence-electron chi connectivity index (χ3n) is 6.53. The van der Waals surface area contributed by atoms with E-state index in [1.807, 2.05) is 43.3 Å². The van der Waals surface area contributed by atoms with Crippen LogP contribution in [0.25, 0.3) is 10.2 Å². The number of carbonyl (C=O) groups is 1. The van der Waals surface area contributed by atoms with Crippen LogP contribution in [0.4, 0.5) is 10.8 Å². The quantitative estimate of drug-likeness (QED) is 0.311. The molecule has 4 aromatic rings. The first-order valence-electron chi connectivity index (χ1n) is 12.7. The number of nitrogens with zero attached hydrogens (tertiary/aromatic N) is 4. The number of thiazole rings is 1. The van der Waals surface area contributed by atoms with Gasteiger partial charge in [0.2, 0.25) is 0 Å². The van der Waals surface area contributed by atoms with Gasteiger partial charge in [-0.2, -0.15) is 0 Å². The number of carbonyl (C=O) groups excluding carboxylic acids is 1. The zero-order valence-electron chi connectivity index (χ0n) is 21.4. The number of fused-ring (bicyclic) bond motifs is 1. The maximum atomic E-state index is 13.3. The molecule has 8 nitrogen and oxygen atoms in total. The summed E-state index contributed by atoms with van der Waals surface area (Å²) in [7, 11) is -3.74. The first-order chi connectivity index (χ1) is 18.4. The highest BCUT2D eigenvalue weighted by atomic mass is 32.2. The van der Waals surface area contributed by atoms with Crippen LogP contribution in [0.2, 0.25) is 0 Å². The summed E-state index contributed by atoms with van der Waals surface area (Å²) in [4.78, 5) is 22.2. The molecule has 0 N–H and O–H groups in total. The number of hydrogen-bond acceptors (Lipinski definition) is 7. The van der Waals surface area contributed by atoms with Gasteiger partial charge >= 0.3 is 0 Å². The van der Waals surface area contributed by atoms with Gasteiger partial charge in [-0.1, -0.05) is 35.6 Å². The topological polar surface area (TPSA) is 83.0 Å². The van der Waals surface area contributed by atoms with Crippen molar-refractivity contribution in [2.45, 2.75) is 18.7 Å². The van der Waals surface area contributed by atoms with Crippen molar-refractivity contribution < 1.29 is 17.9 Å². The Kier molecular flexibility index (Phi) is 7.53. The van der Waals surface area contributed by atoms with Crippen molar-refractivity contribution in [1.82, 2.24) is 9.88 Å². The number of rotatable bonds is 8. The number of aromatic nitrogens is 1. The van der Waals surface area contributed by atoms with Crippen LogP contribution in [0.5, 0.6) is 5.75 Å². The van der Waals surface area contributed by atoms with Crippen molar-refractivity contribution in [2.75, 3.05) is 48.5 Å². The van der Waals surface area contributed by atoms with Crippen molar-refractivity contribution in [3.63, 3.8) is 0 Å². The van der Waals surface area contributed by atoms with Crippen LogP contribution in [0.15, 0.2) is 77.7 Å². The molecule has 0 radical (unpaired) electrons. The number of benzene rings is 3. The third-order valence-corrected chi connectivity index (χ3v) is 9.53. The maximum absolute atomic E-state index is 13.3. The molecule has 0 aliphatic carbocycles. The van der Waals surface area contributed by atoms with Gasteiger partial charge < -0.3 is 14.5 Å². The molecule has 10 heteroatoms. The molecular formula is C28H30N4O4S2. The molecule has 2 heterocycles. The number of piperazine rings is 1. The maximum Gasteiger partial charge on any atom is 0.264 e. The highest BCUT2D eigenvalue weighted by Gasteiger charge is 2.26. The Balaban J connectivity index is 1.25. The van der Waals surface area contributed by atoms with Crippen molar-refractivity contribution in [2.24, 2.45) is 0 Å². The summed E-state index contributed by atoms with van der Waals surface area (Å²) in [5, 5.41) is 0.924. The van der Waals surface area contributed by atoms with E-state index in [9.17, 15) is 13.2 Å². The van der Waals surface area contributed by atoms with Crippen LogP contribution in [0.3, 0.4) is 0 Å². The summed E-state index contributed by atoms with van der Waals surface area (Å²) in [6, 6.07) is 21.2.